The number of aliphatic hydroxyl groups excluding tert-OH is 2. The molecule has 2 aromatic carbocycles. The Labute approximate surface area is 185 Å². The van der Waals surface area contributed by atoms with E-state index < -0.39 is 18.3 Å². The summed E-state index contributed by atoms with van der Waals surface area (Å²) >= 11 is 0. The predicted molar refractivity (Wildman–Crippen MR) is 117 cm³/mol. The molecule has 1 aliphatic rings. The van der Waals surface area contributed by atoms with Gasteiger partial charge in [0.2, 0.25) is 5.88 Å². The van der Waals surface area contributed by atoms with E-state index in [-0.39, 0.29) is 31.2 Å². The molecule has 0 spiro atoms. The second-order valence-corrected chi connectivity index (χ2v) is 7.55. The topological polar surface area (TPSA) is 114 Å². The van der Waals surface area contributed by atoms with Crippen molar-refractivity contribution in [1.29, 1.82) is 0 Å². The van der Waals surface area contributed by atoms with E-state index in [4.69, 9.17) is 9.47 Å². The van der Waals surface area contributed by atoms with E-state index in [1.807, 2.05) is 24.3 Å². The van der Waals surface area contributed by atoms with Gasteiger partial charge in [0, 0.05) is 18.5 Å². The molecule has 1 amide bonds. The highest BCUT2D eigenvalue weighted by atomic mass is 16.5. The summed E-state index contributed by atoms with van der Waals surface area (Å²) in [4.78, 5) is 12.2. The second-order valence-electron chi connectivity index (χ2n) is 7.55. The van der Waals surface area contributed by atoms with Gasteiger partial charge in [0.05, 0.1) is 18.9 Å². The average molecular weight is 435 g/mol. The van der Waals surface area contributed by atoms with Gasteiger partial charge in [-0.15, -0.1) is 10.2 Å². The quantitative estimate of drug-likeness (QED) is 0.499. The van der Waals surface area contributed by atoms with E-state index in [2.05, 4.69) is 39.8 Å². The number of carbonyl (C=O) groups is 1. The zero-order chi connectivity index (χ0) is 22.5. The van der Waals surface area contributed by atoms with Crippen LogP contribution in [0.4, 0.5) is 4.79 Å². The summed E-state index contributed by atoms with van der Waals surface area (Å²) in [6.45, 7) is 0.352. The van der Waals surface area contributed by atoms with Gasteiger partial charge in [-0.25, -0.2) is 4.79 Å². The number of fused-ring (bicyclic) bond motifs is 3. The number of rotatable bonds is 8. The molecule has 0 bridgehead atoms. The van der Waals surface area contributed by atoms with Crippen LogP contribution in [0.2, 0.25) is 0 Å². The number of alkyl carbamates (subject to hydrolysis) is 1. The van der Waals surface area contributed by atoms with E-state index in [1.54, 1.807) is 6.07 Å². The van der Waals surface area contributed by atoms with Crippen molar-refractivity contribution in [1.82, 2.24) is 15.5 Å². The maximum atomic E-state index is 12.2. The molecule has 0 saturated heterocycles. The van der Waals surface area contributed by atoms with E-state index in [0.717, 1.165) is 22.3 Å². The van der Waals surface area contributed by atoms with E-state index in [1.165, 1.54) is 13.2 Å². The number of ether oxygens (including phenoxy) is 2. The Balaban J connectivity index is 1.27. The standard InChI is InChI=1S/C24H25N3O5/c1-31-22-11-10-20(26-27-22)23(29)21(28)12-13-25-24(30)32-14-19-17-8-4-2-6-15(17)16-7-3-5-9-18(16)19/h2-11,19,21,23,28-29H,12-14H2,1H3,(H,25,30). The molecule has 1 heterocycles. The summed E-state index contributed by atoms with van der Waals surface area (Å²) < 4.78 is 10.4. The molecule has 0 aliphatic heterocycles. The molecule has 32 heavy (non-hydrogen) atoms. The second kappa shape index (κ2) is 9.76. The van der Waals surface area contributed by atoms with Gasteiger partial charge in [-0.2, -0.15) is 0 Å². The number of methoxy groups -OCH3 is 1. The lowest BCUT2D eigenvalue weighted by Crippen LogP contribution is -2.31. The molecule has 1 aromatic heterocycles. The van der Waals surface area contributed by atoms with Crippen molar-refractivity contribution in [3.8, 4) is 17.0 Å². The highest BCUT2D eigenvalue weighted by Crippen LogP contribution is 2.44. The normalized spacial score (nSPS) is 14.2. The first-order valence-electron chi connectivity index (χ1n) is 10.4. The number of benzene rings is 2. The van der Waals surface area contributed by atoms with Crippen molar-refractivity contribution in [3.63, 3.8) is 0 Å². The van der Waals surface area contributed by atoms with Gasteiger partial charge in [0.25, 0.3) is 0 Å². The van der Waals surface area contributed by atoms with Gasteiger partial charge in [-0.1, -0.05) is 48.5 Å². The van der Waals surface area contributed by atoms with Gasteiger partial charge in [0.1, 0.15) is 12.7 Å². The Bertz CT molecular complexity index is 1030. The summed E-state index contributed by atoms with van der Waals surface area (Å²) in [6.07, 6.45) is -2.79. The molecule has 0 radical (unpaired) electrons. The van der Waals surface area contributed by atoms with Crippen LogP contribution in [0.5, 0.6) is 5.88 Å². The van der Waals surface area contributed by atoms with Crippen LogP contribution in [-0.2, 0) is 4.74 Å². The molecule has 4 rings (SSSR count). The summed E-state index contributed by atoms with van der Waals surface area (Å²) in [6, 6.07) is 19.3. The average Bonchev–Trinajstić information content (AvgIpc) is 3.16. The molecule has 8 heteroatoms. The molecule has 3 N–H and O–H groups in total. The monoisotopic (exact) mass is 435 g/mol. The zero-order valence-electron chi connectivity index (χ0n) is 17.6. The van der Waals surface area contributed by atoms with Crippen LogP contribution in [-0.4, -0.2) is 52.9 Å². The van der Waals surface area contributed by atoms with Gasteiger partial charge in [-0.3, -0.25) is 0 Å². The number of nitrogens with one attached hydrogen (secondary N) is 1. The number of carbonyl (C=O) groups excluding carboxylic acids is 1. The first-order valence-corrected chi connectivity index (χ1v) is 10.4. The number of aliphatic hydroxyl groups is 2. The fourth-order valence-electron chi connectivity index (χ4n) is 3.92. The summed E-state index contributed by atoms with van der Waals surface area (Å²) in [5.41, 5.74) is 4.83. The predicted octanol–water partition coefficient (Wildman–Crippen LogP) is 2.81. The molecule has 2 unspecified atom stereocenters. The summed E-state index contributed by atoms with van der Waals surface area (Å²) in [5.74, 6) is 0.293. The largest absolute Gasteiger partial charge is 0.480 e. The van der Waals surface area contributed by atoms with Gasteiger partial charge >= 0.3 is 6.09 Å². The number of nitrogens with zero attached hydrogens (tertiary/aromatic N) is 2. The lowest BCUT2D eigenvalue weighted by molar-refractivity contribution is 0.0106. The maximum Gasteiger partial charge on any atom is 0.407 e. The SMILES string of the molecule is COc1ccc(C(O)C(O)CCNC(=O)OCC2c3ccccc3-c3ccccc32)nn1. The van der Waals surface area contributed by atoms with Gasteiger partial charge in [-0.05, 0) is 34.7 Å². The lowest BCUT2D eigenvalue weighted by Gasteiger charge is -2.18. The molecule has 8 nitrogen and oxygen atoms in total. The summed E-state index contributed by atoms with van der Waals surface area (Å²) in [5, 5.41) is 30.6. The van der Waals surface area contributed by atoms with Crippen LogP contribution in [0, 0.1) is 0 Å². The minimum atomic E-state index is -1.22. The molecular weight excluding hydrogens is 410 g/mol. The van der Waals surface area contributed by atoms with Crippen molar-refractivity contribution in [2.75, 3.05) is 20.3 Å². The third kappa shape index (κ3) is 4.56. The molecule has 0 saturated carbocycles. The van der Waals surface area contributed by atoms with Crippen LogP contribution >= 0.6 is 0 Å². The van der Waals surface area contributed by atoms with E-state index >= 15 is 0 Å². The van der Waals surface area contributed by atoms with Crippen molar-refractivity contribution < 1.29 is 24.5 Å². The molecule has 0 fully saturated rings. The first kappa shape index (κ1) is 21.7. The molecular formula is C24H25N3O5. The molecule has 3 aromatic rings. The minimum Gasteiger partial charge on any atom is -0.480 e. The third-order valence-electron chi connectivity index (χ3n) is 5.59. The third-order valence-corrected chi connectivity index (χ3v) is 5.59. The van der Waals surface area contributed by atoms with Crippen molar-refractivity contribution in [3.05, 3.63) is 77.5 Å². The van der Waals surface area contributed by atoms with Gasteiger partial charge < -0.3 is 25.0 Å². The van der Waals surface area contributed by atoms with Crippen LogP contribution in [0.15, 0.2) is 60.7 Å². The van der Waals surface area contributed by atoms with Crippen LogP contribution in [0.25, 0.3) is 11.1 Å². The summed E-state index contributed by atoms with van der Waals surface area (Å²) in [7, 11) is 1.46. The Morgan fingerprint density at radius 1 is 1.00 bits per heavy atom. The number of hydrogen-bond donors (Lipinski definition) is 3. The van der Waals surface area contributed by atoms with Gasteiger partial charge in [0.15, 0.2) is 0 Å². The number of aromatic nitrogens is 2. The van der Waals surface area contributed by atoms with Crippen molar-refractivity contribution in [2.24, 2.45) is 0 Å². The highest BCUT2D eigenvalue weighted by molar-refractivity contribution is 5.79. The molecule has 166 valence electrons. The van der Waals surface area contributed by atoms with Crippen LogP contribution in [0.3, 0.4) is 0 Å². The minimum absolute atomic E-state index is 0.0193. The van der Waals surface area contributed by atoms with Crippen LogP contribution < -0.4 is 10.1 Å². The lowest BCUT2D eigenvalue weighted by atomic mass is 9.98. The smallest absolute Gasteiger partial charge is 0.407 e. The Kier molecular flexibility index (Phi) is 6.63. The fourth-order valence-corrected chi connectivity index (χ4v) is 3.92. The first-order chi connectivity index (χ1) is 15.6. The Hall–Kier alpha value is -3.49. The fraction of sp³-hybridized carbons (Fsp3) is 0.292. The van der Waals surface area contributed by atoms with Crippen LogP contribution in [0.1, 0.15) is 35.3 Å². The van der Waals surface area contributed by atoms with Crippen molar-refractivity contribution in [2.45, 2.75) is 24.5 Å². The Morgan fingerprint density at radius 3 is 2.25 bits per heavy atom. The molecule has 1 aliphatic carbocycles. The number of amides is 1. The zero-order valence-corrected chi connectivity index (χ0v) is 17.6. The van der Waals surface area contributed by atoms with E-state index in [9.17, 15) is 15.0 Å². The Morgan fingerprint density at radius 2 is 1.66 bits per heavy atom. The highest BCUT2D eigenvalue weighted by Gasteiger charge is 2.29. The number of hydrogen-bond acceptors (Lipinski definition) is 7. The maximum absolute atomic E-state index is 12.2. The van der Waals surface area contributed by atoms with E-state index in [0.29, 0.717) is 5.88 Å². The van der Waals surface area contributed by atoms with Crippen molar-refractivity contribution >= 4 is 6.09 Å². The molecule has 2 atom stereocenters.